The van der Waals surface area contributed by atoms with Crippen LogP contribution in [0.3, 0.4) is 0 Å². The van der Waals surface area contributed by atoms with Crippen molar-refractivity contribution in [1.82, 2.24) is 25.1 Å². The van der Waals surface area contributed by atoms with Crippen molar-refractivity contribution in [3.05, 3.63) is 75.5 Å². The number of hydrogen-bond acceptors (Lipinski definition) is 5. The molecule has 4 aromatic rings. The van der Waals surface area contributed by atoms with E-state index in [2.05, 4.69) is 20.5 Å². The Labute approximate surface area is 199 Å². The smallest absolute Gasteiger partial charge is 0.288 e. The fraction of sp³-hybridized carbons (Fsp3) is 0.280. The lowest BCUT2D eigenvalue weighted by atomic mass is 9.88. The second kappa shape index (κ2) is 8.30. The number of pyridine rings is 1. The van der Waals surface area contributed by atoms with Crippen LogP contribution in [0.1, 0.15) is 46.1 Å². The van der Waals surface area contributed by atoms with Gasteiger partial charge in [0.25, 0.3) is 17.4 Å². The summed E-state index contributed by atoms with van der Waals surface area (Å²) in [6.45, 7) is 4.04. The first-order chi connectivity index (χ1) is 16.6. The summed E-state index contributed by atoms with van der Waals surface area (Å²) in [7, 11) is 0. The average molecular weight is 479 g/mol. The van der Waals surface area contributed by atoms with Crippen LogP contribution in [-0.4, -0.2) is 31.6 Å². The number of nitrogen functional groups attached to an aromatic ring is 1. The molecule has 180 valence electrons. The molecule has 1 aliphatic rings. The fourth-order valence-corrected chi connectivity index (χ4v) is 4.50. The molecule has 5 rings (SSSR count). The minimum atomic E-state index is -2.74. The quantitative estimate of drug-likeness (QED) is 0.402. The van der Waals surface area contributed by atoms with Gasteiger partial charge in [0.05, 0.1) is 17.6 Å². The molecular weight excluding hydrogens is 454 g/mol. The molecule has 1 fully saturated rings. The third-order valence-electron chi connectivity index (χ3n) is 6.45. The van der Waals surface area contributed by atoms with Gasteiger partial charge in [-0.2, -0.15) is 5.10 Å². The molecule has 0 saturated heterocycles. The van der Waals surface area contributed by atoms with Crippen LogP contribution >= 0.6 is 0 Å². The zero-order valence-corrected chi connectivity index (χ0v) is 19.2. The van der Waals surface area contributed by atoms with Gasteiger partial charge in [-0.3, -0.25) is 14.6 Å². The number of nitrogens with one attached hydrogen (secondary N) is 2. The zero-order chi connectivity index (χ0) is 24.9. The van der Waals surface area contributed by atoms with Gasteiger partial charge in [-0.25, -0.2) is 13.9 Å². The Kier molecular flexibility index (Phi) is 5.38. The molecule has 0 spiro atoms. The number of aromatic nitrogens is 4. The molecule has 10 heteroatoms. The van der Waals surface area contributed by atoms with E-state index < -0.39 is 17.5 Å². The van der Waals surface area contributed by atoms with E-state index in [0.717, 1.165) is 11.1 Å². The van der Waals surface area contributed by atoms with Crippen LogP contribution in [-0.2, 0) is 6.54 Å². The topological polar surface area (TPSA) is 119 Å². The monoisotopic (exact) mass is 478 g/mol. The Balaban J connectivity index is 1.41. The Morgan fingerprint density at radius 2 is 2.03 bits per heavy atom. The fourth-order valence-electron chi connectivity index (χ4n) is 4.50. The highest BCUT2D eigenvalue weighted by molar-refractivity contribution is 6.02. The van der Waals surface area contributed by atoms with Gasteiger partial charge < -0.3 is 15.6 Å². The van der Waals surface area contributed by atoms with Gasteiger partial charge in [-0.05, 0) is 31.5 Å². The number of alkyl halides is 2. The number of hydrogen-bond donors (Lipinski definition) is 3. The van der Waals surface area contributed by atoms with E-state index in [-0.39, 0.29) is 36.6 Å². The van der Waals surface area contributed by atoms with Crippen molar-refractivity contribution in [1.29, 1.82) is 0 Å². The molecule has 0 unspecified atom stereocenters. The number of aromatic amines is 1. The van der Waals surface area contributed by atoms with Gasteiger partial charge >= 0.3 is 0 Å². The van der Waals surface area contributed by atoms with Gasteiger partial charge in [-0.1, -0.05) is 23.8 Å². The Bertz CT molecular complexity index is 1500. The molecule has 0 bridgehead atoms. The maximum Gasteiger partial charge on any atom is 0.288 e. The van der Waals surface area contributed by atoms with Crippen LogP contribution in [0.4, 0.5) is 14.6 Å². The van der Waals surface area contributed by atoms with Crippen LogP contribution in [0.2, 0.25) is 0 Å². The van der Waals surface area contributed by atoms with Gasteiger partial charge in [0.2, 0.25) is 0 Å². The number of halogens is 2. The standard InChI is InChI=1S/C25H24F2N6O2/c1-13-3-4-14(2)18(7-13)23(34)30-11-16-6-5-15(10-29-16)19-12-33(17-8-25(26,27)9-17)21-20(19)22(28)31-32-24(21)35/h3-7,10,12,17H,8-9,11H2,1-2H3,(H2,28,31)(H,30,34)(H,32,35). The molecule has 0 atom stereocenters. The highest BCUT2D eigenvalue weighted by Crippen LogP contribution is 2.47. The van der Waals surface area contributed by atoms with Crippen molar-refractivity contribution in [3.63, 3.8) is 0 Å². The summed E-state index contributed by atoms with van der Waals surface area (Å²) < 4.78 is 28.6. The Hall–Kier alpha value is -4.08. The van der Waals surface area contributed by atoms with Crippen LogP contribution < -0.4 is 16.6 Å². The lowest BCUT2D eigenvalue weighted by Crippen LogP contribution is -2.37. The summed E-state index contributed by atoms with van der Waals surface area (Å²) in [6.07, 6.45) is 2.59. The van der Waals surface area contributed by atoms with Gasteiger partial charge in [0.1, 0.15) is 5.52 Å². The number of anilines is 1. The SMILES string of the molecule is Cc1ccc(C)c(C(=O)NCc2ccc(-c3cn(C4CC(F)(F)C4)c4c(=O)[nH]nc(N)c34)cn2)c1. The minimum Gasteiger partial charge on any atom is -0.382 e. The van der Waals surface area contributed by atoms with Crippen LogP contribution in [0, 0.1) is 13.8 Å². The van der Waals surface area contributed by atoms with Gasteiger partial charge in [0, 0.05) is 48.0 Å². The predicted octanol–water partition coefficient (Wildman–Crippen LogP) is 3.89. The van der Waals surface area contributed by atoms with Crippen molar-refractivity contribution >= 4 is 22.6 Å². The molecule has 8 nitrogen and oxygen atoms in total. The molecule has 1 aliphatic carbocycles. The normalized spacial score (nSPS) is 15.2. The number of H-pyrrole nitrogens is 1. The van der Waals surface area contributed by atoms with Crippen LogP contribution in [0.15, 0.2) is 47.5 Å². The van der Waals surface area contributed by atoms with Crippen molar-refractivity contribution in [2.75, 3.05) is 5.73 Å². The Morgan fingerprint density at radius 3 is 2.71 bits per heavy atom. The van der Waals surface area contributed by atoms with E-state index in [1.54, 1.807) is 29.1 Å². The highest BCUT2D eigenvalue weighted by atomic mass is 19.3. The third kappa shape index (κ3) is 4.16. The molecule has 3 heterocycles. The lowest BCUT2D eigenvalue weighted by Gasteiger charge is -2.36. The highest BCUT2D eigenvalue weighted by Gasteiger charge is 2.47. The number of carbonyl (C=O) groups excluding carboxylic acids is 1. The summed E-state index contributed by atoms with van der Waals surface area (Å²) in [5.74, 6) is -2.82. The first kappa shape index (κ1) is 22.7. The summed E-state index contributed by atoms with van der Waals surface area (Å²) in [5.41, 5.74) is 10.2. The molecule has 0 radical (unpaired) electrons. The number of fused-ring (bicyclic) bond motifs is 1. The summed E-state index contributed by atoms with van der Waals surface area (Å²) in [4.78, 5) is 29.6. The van der Waals surface area contributed by atoms with Crippen molar-refractivity contribution in [3.8, 4) is 11.1 Å². The lowest BCUT2D eigenvalue weighted by molar-refractivity contribution is -0.103. The van der Waals surface area contributed by atoms with E-state index in [1.165, 1.54) is 0 Å². The summed E-state index contributed by atoms with van der Waals surface area (Å²) in [6, 6.07) is 8.75. The van der Waals surface area contributed by atoms with E-state index >= 15 is 0 Å². The van der Waals surface area contributed by atoms with Crippen molar-refractivity contribution in [2.24, 2.45) is 0 Å². The maximum atomic E-state index is 13.5. The number of nitrogens with zero attached hydrogens (tertiary/aromatic N) is 3. The Morgan fingerprint density at radius 1 is 1.26 bits per heavy atom. The summed E-state index contributed by atoms with van der Waals surface area (Å²) >= 11 is 0. The van der Waals surface area contributed by atoms with E-state index in [0.29, 0.717) is 27.8 Å². The zero-order valence-electron chi connectivity index (χ0n) is 19.2. The number of carbonyl (C=O) groups is 1. The number of aryl methyl sites for hydroxylation is 2. The van der Waals surface area contributed by atoms with Crippen LogP contribution in [0.25, 0.3) is 22.0 Å². The molecule has 1 saturated carbocycles. The molecule has 4 N–H and O–H groups in total. The van der Waals surface area contributed by atoms with Crippen molar-refractivity contribution in [2.45, 2.75) is 45.2 Å². The van der Waals surface area contributed by atoms with Crippen molar-refractivity contribution < 1.29 is 13.6 Å². The van der Waals surface area contributed by atoms with E-state index in [9.17, 15) is 18.4 Å². The summed E-state index contributed by atoms with van der Waals surface area (Å²) in [5, 5.41) is 9.47. The molecule has 3 aromatic heterocycles. The number of amides is 1. The molecule has 1 amide bonds. The number of benzene rings is 1. The molecule has 0 aliphatic heterocycles. The van der Waals surface area contributed by atoms with E-state index in [1.807, 2.05) is 32.0 Å². The first-order valence-electron chi connectivity index (χ1n) is 11.2. The number of rotatable bonds is 5. The van der Waals surface area contributed by atoms with Crippen LogP contribution in [0.5, 0.6) is 0 Å². The minimum absolute atomic E-state index is 0.101. The molecule has 35 heavy (non-hydrogen) atoms. The van der Waals surface area contributed by atoms with Gasteiger partial charge in [0.15, 0.2) is 5.82 Å². The van der Waals surface area contributed by atoms with Gasteiger partial charge in [-0.15, -0.1) is 0 Å². The maximum absolute atomic E-state index is 13.5. The number of nitrogens with two attached hydrogens (primary N) is 1. The van der Waals surface area contributed by atoms with E-state index in [4.69, 9.17) is 5.73 Å². The predicted molar refractivity (Wildman–Crippen MR) is 128 cm³/mol. The molecule has 1 aromatic carbocycles. The third-order valence-corrected chi connectivity index (χ3v) is 6.45. The largest absolute Gasteiger partial charge is 0.382 e. The molecular formula is C25H24F2N6O2. The first-order valence-corrected chi connectivity index (χ1v) is 11.2. The second-order valence-corrected chi connectivity index (χ2v) is 9.07. The second-order valence-electron chi connectivity index (χ2n) is 9.07. The average Bonchev–Trinajstić information content (AvgIpc) is 3.22.